The summed E-state index contributed by atoms with van der Waals surface area (Å²) in [6, 6.07) is 68.7. The van der Waals surface area contributed by atoms with Crippen LogP contribution in [0.2, 0.25) is 0 Å². The highest BCUT2D eigenvalue weighted by Gasteiger charge is 2.40. The van der Waals surface area contributed by atoms with E-state index in [2.05, 4.69) is 191 Å². The highest BCUT2D eigenvalue weighted by atomic mass is 15.0. The summed E-state index contributed by atoms with van der Waals surface area (Å²) in [5.41, 5.74) is 16.0. The molecular formula is C52H30B2N2. The Bertz CT molecular complexity index is 3420. The van der Waals surface area contributed by atoms with Crippen molar-refractivity contribution in [1.82, 2.24) is 9.13 Å². The Morgan fingerprint density at radius 1 is 0.286 bits per heavy atom. The minimum atomic E-state index is 0.0652. The van der Waals surface area contributed by atoms with Crippen molar-refractivity contribution in [2.24, 2.45) is 0 Å². The van der Waals surface area contributed by atoms with Gasteiger partial charge in [-0.1, -0.05) is 181 Å². The lowest BCUT2D eigenvalue weighted by molar-refractivity contribution is 1.20. The summed E-state index contributed by atoms with van der Waals surface area (Å²) in [5, 5.41) is 13.3. The third-order valence-electron chi connectivity index (χ3n) is 13.3. The lowest BCUT2D eigenvalue weighted by atomic mass is 9.34. The van der Waals surface area contributed by atoms with Crippen LogP contribution in [0, 0.1) is 0 Å². The highest BCUT2D eigenvalue weighted by Crippen LogP contribution is 2.45. The topological polar surface area (TPSA) is 9.86 Å². The number of para-hydroxylation sites is 4. The van der Waals surface area contributed by atoms with E-state index in [4.69, 9.17) is 0 Å². The van der Waals surface area contributed by atoms with Gasteiger partial charge in [-0.15, -0.1) is 0 Å². The Morgan fingerprint density at radius 3 is 1.12 bits per heavy atom. The molecule has 0 spiro atoms. The predicted molar refractivity (Wildman–Crippen MR) is 241 cm³/mol. The first-order valence-electron chi connectivity index (χ1n) is 19.8. The van der Waals surface area contributed by atoms with Gasteiger partial charge in [0.2, 0.25) is 13.4 Å². The van der Waals surface area contributed by atoms with Gasteiger partial charge in [0.1, 0.15) is 0 Å². The van der Waals surface area contributed by atoms with E-state index in [0.29, 0.717) is 0 Å². The largest absolute Gasteiger partial charge is 0.310 e. The van der Waals surface area contributed by atoms with Crippen molar-refractivity contribution < 1.29 is 0 Å². The second kappa shape index (κ2) is 10.4. The molecule has 4 heterocycles. The lowest BCUT2D eigenvalue weighted by Gasteiger charge is -2.34. The van der Waals surface area contributed by atoms with Gasteiger partial charge in [-0.2, -0.15) is 0 Å². The summed E-state index contributed by atoms with van der Waals surface area (Å²) in [6.45, 7) is 0.130. The van der Waals surface area contributed by atoms with Crippen LogP contribution in [0.1, 0.15) is 0 Å². The lowest BCUT2D eigenvalue weighted by Crippen LogP contribution is -2.57. The molecular weight excluding hydrogens is 674 g/mol. The number of fused-ring (bicyclic) bond motifs is 14. The van der Waals surface area contributed by atoms with Crippen molar-refractivity contribution in [2.45, 2.75) is 0 Å². The summed E-state index contributed by atoms with van der Waals surface area (Å²) in [4.78, 5) is 0. The summed E-state index contributed by atoms with van der Waals surface area (Å²) in [6.07, 6.45) is 0. The third-order valence-corrected chi connectivity index (χ3v) is 13.3. The molecule has 2 aliphatic heterocycles. The Balaban J connectivity index is 1.26. The van der Waals surface area contributed by atoms with Crippen LogP contribution in [0.5, 0.6) is 0 Å². The molecule has 254 valence electrons. The van der Waals surface area contributed by atoms with E-state index < -0.39 is 0 Å². The molecule has 2 nitrogen and oxygen atoms in total. The molecule has 0 atom stereocenters. The summed E-state index contributed by atoms with van der Waals surface area (Å²) in [7, 11) is 0. The number of aromatic nitrogens is 2. The average Bonchev–Trinajstić information content (AvgIpc) is 3.79. The van der Waals surface area contributed by atoms with Crippen LogP contribution in [0.3, 0.4) is 0 Å². The molecule has 10 aromatic carbocycles. The molecule has 0 fully saturated rings. The quantitative estimate of drug-likeness (QED) is 0.126. The maximum absolute atomic E-state index is 2.62. The first-order valence-corrected chi connectivity index (χ1v) is 19.8. The van der Waals surface area contributed by atoms with Crippen molar-refractivity contribution in [1.29, 1.82) is 0 Å². The fourth-order valence-electron chi connectivity index (χ4n) is 11.4. The number of rotatable bonds is 2. The van der Waals surface area contributed by atoms with E-state index in [9.17, 15) is 0 Å². The minimum Gasteiger partial charge on any atom is -0.310 e. The minimum absolute atomic E-state index is 0.0652. The average molecular weight is 704 g/mol. The van der Waals surface area contributed by atoms with Crippen LogP contribution < -0.4 is 32.8 Å². The molecule has 0 bridgehead atoms. The smallest absolute Gasteiger partial charge is 0.247 e. The molecule has 0 N–H and O–H groups in total. The third kappa shape index (κ3) is 3.40. The highest BCUT2D eigenvalue weighted by molar-refractivity contribution is 7.01. The maximum Gasteiger partial charge on any atom is 0.247 e. The summed E-state index contributed by atoms with van der Waals surface area (Å²) in [5.74, 6) is 0. The van der Waals surface area contributed by atoms with E-state index >= 15 is 0 Å². The zero-order valence-corrected chi connectivity index (χ0v) is 30.4. The Kier molecular flexibility index (Phi) is 5.44. The Morgan fingerprint density at radius 2 is 0.643 bits per heavy atom. The molecule has 14 rings (SSSR count). The fourth-order valence-corrected chi connectivity index (χ4v) is 11.4. The van der Waals surface area contributed by atoms with Crippen LogP contribution in [0.25, 0.3) is 87.3 Å². The maximum atomic E-state index is 2.62. The van der Waals surface area contributed by atoms with Crippen LogP contribution in [0.15, 0.2) is 182 Å². The number of hydrogen-bond donors (Lipinski definition) is 0. The number of benzene rings is 10. The molecule has 0 aliphatic carbocycles. The zero-order valence-electron chi connectivity index (χ0n) is 30.4. The number of hydrogen-bond acceptors (Lipinski definition) is 0. The normalized spacial score (nSPS) is 13.3. The van der Waals surface area contributed by atoms with Crippen molar-refractivity contribution in [2.75, 3.05) is 0 Å². The second-order valence-corrected chi connectivity index (χ2v) is 15.9. The van der Waals surface area contributed by atoms with Crippen molar-refractivity contribution in [3.05, 3.63) is 182 Å². The number of nitrogens with zero attached hydrogens (tertiary/aromatic N) is 2. The van der Waals surface area contributed by atoms with Crippen molar-refractivity contribution >= 4 is 122 Å². The molecule has 0 saturated heterocycles. The van der Waals surface area contributed by atoms with Gasteiger partial charge in [0, 0.05) is 60.1 Å². The van der Waals surface area contributed by atoms with Gasteiger partial charge in [-0.3, -0.25) is 0 Å². The summed E-state index contributed by atoms with van der Waals surface area (Å²) < 4.78 is 5.24. The van der Waals surface area contributed by atoms with Gasteiger partial charge in [-0.25, -0.2) is 0 Å². The standard InChI is InChI=1S/C52H30B2N2/c1-3-15-31(16-4-1)53-41-27-13-21-35-33-19-7-9-29-43(33)55(49(35)41)51-39-25-12-26-40-46(39)45-37(47(51)53)23-11-24-38(45)48-52(40)56-44-30-10-8-20-34(44)36-22-14-28-42(50(36)56)54(48)32-17-5-2-6-18-32/h1-30H. The molecule has 56 heavy (non-hydrogen) atoms. The van der Waals surface area contributed by atoms with Gasteiger partial charge in [-0.05, 0) is 50.1 Å². The van der Waals surface area contributed by atoms with E-state index in [1.165, 1.54) is 120 Å². The Labute approximate surface area is 323 Å². The van der Waals surface area contributed by atoms with Crippen LogP contribution in [-0.4, -0.2) is 22.6 Å². The second-order valence-electron chi connectivity index (χ2n) is 15.9. The van der Waals surface area contributed by atoms with Gasteiger partial charge in [0.25, 0.3) is 0 Å². The van der Waals surface area contributed by atoms with Crippen molar-refractivity contribution in [3.63, 3.8) is 0 Å². The van der Waals surface area contributed by atoms with Crippen LogP contribution in [0.4, 0.5) is 0 Å². The molecule has 2 aromatic heterocycles. The molecule has 0 amide bonds. The van der Waals surface area contributed by atoms with Crippen molar-refractivity contribution in [3.8, 4) is 11.4 Å². The van der Waals surface area contributed by atoms with E-state index in [0.717, 1.165) is 0 Å². The van der Waals surface area contributed by atoms with Crippen LogP contribution in [-0.2, 0) is 0 Å². The predicted octanol–water partition coefficient (Wildman–Crippen LogP) is 8.44. The van der Waals surface area contributed by atoms with Crippen LogP contribution >= 0.6 is 0 Å². The van der Waals surface area contributed by atoms with Gasteiger partial charge < -0.3 is 9.13 Å². The fraction of sp³-hybridized carbons (Fsp3) is 0. The zero-order chi connectivity index (χ0) is 36.2. The Hall–Kier alpha value is -7.03. The van der Waals surface area contributed by atoms with E-state index in [-0.39, 0.29) is 13.4 Å². The monoisotopic (exact) mass is 704 g/mol. The molecule has 4 heteroatoms. The van der Waals surface area contributed by atoms with E-state index in [1.54, 1.807) is 0 Å². The molecule has 2 aliphatic rings. The van der Waals surface area contributed by atoms with Gasteiger partial charge >= 0.3 is 0 Å². The molecule has 0 saturated carbocycles. The molecule has 12 aromatic rings. The molecule has 0 radical (unpaired) electrons. The first-order chi connectivity index (χ1) is 27.9. The molecule has 0 unspecified atom stereocenters. The summed E-state index contributed by atoms with van der Waals surface area (Å²) >= 11 is 0. The van der Waals surface area contributed by atoms with E-state index in [1.807, 2.05) is 0 Å². The van der Waals surface area contributed by atoms with Gasteiger partial charge in [0.05, 0.1) is 11.0 Å². The van der Waals surface area contributed by atoms with Gasteiger partial charge in [0.15, 0.2) is 0 Å². The first kappa shape index (κ1) is 29.3. The SMILES string of the molecule is c1ccc(B2c3c(c4cccc5c6c(c7cccc3c7c45)B(c3ccccc3)c3cccc4c5ccccc5n-6c34)-n3c4ccccc4c4cccc2c43)cc1.